The number of aromatic carboxylic acids is 1. The van der Waals surface area contributed by atoms with Crippen LogP contribution in [0.2, 0.25) is 0 Å². The van der Waals surface area contributed by atoms with Crippen molar-refractivity contribution in [2.24, 2.45) is 0 Å². The molecule has 1 heterocycles. The van der Waals surface area contributed by atoms with Crippen molar-refractivity contribution < 1.29 is 9.90 Å². The molecule has 0 amide bonds. The van der Waals surface area contributed by atoms with E-state index in [1.807, 2.05) is 30.3 Å². The van der Waals surface area contributed by atoms with Gasteiger partial charge < -0.3 is 5.11 Å². The summed E-state index contributed by atoms with van der Waals surface area (Å²) in [6.45, 7) is 0. The highest BCUT2D eigenvalue weighted by Gasteiger charge is 2.23. The van der Waals surface area contributed by atoms with E-state index in [1.165, 1.54) is 19.3 Å². The Kier molecular flexibility index (Phi) is 3.54. The largest absolute Gasteiger partial charge is 0.476 e. The normalized spacial score (nSPS) is 16.2. The molecule has 104 valence electrons. The predicted molar refractivity (Wildman–Crippen MR) is 76.3 cm³/mol. The third-order valence-corrected chi connectivity index (χ3v) is 3.98. The van der Waals surface area contributed by atoms with E-state index in [9.17, 15) is 9.90 Å². The fourth-order valence-corrected chi connectivity index (χ4v) is 2.97. The minimum atomic E-state index is -0.961. The Bertz CT molecular complexity index is 598. The quantitative estimate of drug-likeness (QED) is 0.926. The molecular formula is C16H18N2O2. The van der Waals surface area contributed by atoms with E-state index in [-0.39, 0.29) is 5.69 Å². The van der Waals surface area contributed by atoms with Crippen molar-refractivity contribution in [3.05, 3.63) is 47.8 Å². The van der Waals surface area contributed by atoms with Gasteiger partial charge in [-0.25, -0.2) is 9.48 Å². The van der Waals surface area contributed by atoms with Crippen molar-refractivity contribution in [3.63, 3.8) is 0 Å². The average Bonchev–Trinajstić information content (AvgIpc) is 2.94. The van der Waals surface area contributed by atoms with Crippen molar-refractivity contribution in [3.8, 4) is 5.69 Å². The molecule has 0 atom stereocenters. The lowest BCUT2D eigenvalue weighted by atomic mass is 9.86. The monoisotopic (exact) mass is 270 g/mol. The molecule has 20 heavy (non-hydrogen) atoms. The molecule has 0 saturated heterocycles. The van der Waals surface area contributed by atoms with Crippen LogP contribution >= 0.6 is 0 Å². The molecule has 1 aromatic carbocycles. The van der Waals surface area contributed by atoms with Crippen LogP contribution < -0.4 is 0 Å². The standard InChI is InChI=1S/C16H18N2O2/c19-16(20)14-11-15(12-7-3-1-4-8-12)18(17-14)13-9-5-2-6-10-13/h2,5-6,9-12H,1,3-4,7-8H2,(H,19,20). The van der Waals surface area contributed by atoms with Crippen LogP contribution in [0.3, 0.4) is 0 Å². The molecule has 0 bridgehead atoms. The second kappa shape index (κ2) is 5.49. The Labute approximate surface area is 118 Å². The molecule has 1 saturated carbocycles. The molecule has 0 unspecified atom stereocenters. The molecule has 3 rings (SSSR count). The molecule has 0 aliphatic heterocycles. The summed E-state index contributed by atoms with van der Waals surface area (Å²) in [5.74, 6) is -0.540. The molecule has 1 aromatic heterocycles. The third kappa shape index (κ3) is 2.46. The number of para-hydroxylation sites is 1. The van der Waals surface area contributed by atoms with Crippen LogP contribution in [0, 0.1) is 0 Å². The van der Waals surface area contributed by atoms with Gasteiger partial charge in [0.2, 0.25) is 0 Å². The number of hydrogen-bond acceptors (Lipinski definition) is 2. The zero-order valence-electron chi connectivity index (χ0n) is 11.3. The molecule has 0 radical (unpaired) electrons. The zero-order valence-corrected chi connectivity index (χ0v) is 11.3. The topological polar surface area (TPSA) is 55.1 Å². The van der Waals surface area contributed by atoms with Gasteiger partial charge in [0.1, 0.15) is 0 Å². The van der Waals surface area contributed by atoms with Gasteiger partial charge in [-0.3, -0.25) is 0 Å². The van der Waals surface area contributed by atoms with Crippen LogP contribution in [0.15, 0.2) is 36.4 Å². The smallest absolute Gasteiger partial charge is 0.356 e. The number of carboxylic acids is 1. The summed E-state index contributed by atoms with van der Waals surface area (Å²) >= 11 is 0. The maximum absolute atomic E-state index is 11.2. The first kappa shape index (κ1) is 12.9. The lowest BCUT2D eigenvalue weighted by molar-refractivity contribution is 0.0690. The van der Waals surface area contributed by atoms with Gasteiger partial charge in [0.15, 0.2) is 5.69 Å². The lowest BCUT2D eigenvalue weighted by Crippen LogP contribution is -2.10. The summed E-state index contributed by atoms with van der Waals surface area (Å²) in [6, 6.07) is 11.5. The van der Waals surface area contributed by atoms with Crippen LogP contribution in [0.25, 0.3) is 5.69 Å². The first-order valence-electron chi connectivity index (χ1n) is 7.14. The fraction of sp³-hybridized carbons (Fsp3) is 0.375. The Balaban J connectivity index is 2.04. The first-order valence-corrected chi connectivity index (χ1v) is 7.14. The number of carboxylic acid groups (broad SMARTS) is 1. The Morgan fingerprint density at radius 1 is 1.15 bits per heavy atom. The fourth-order valence-electron chi connectivity index (χ4n) is 2.97. The highest BCUT2D eigenvalue weighted by atomic mass is 16.4. The Morgan fingerprint density at radius 3 is 2.50 bits per heavy atom. The second-order valence-corrected chi connectivity index (χ2v) is 5.34. The summed E-state index contributed by atoms with van der Waals surface area (Å²) in [6.07, 6.45) is 5.96. The summed E-state index contributed by atoms with van der Waals surface area (Å²) in [7, 11) is 0. The number of aromatic nitrogens is 2. The van der Waals surface area contributed by atoms with E-state index in [2.05, 4.69) is 5.10 Å². The maximum Gasteiger partial charge on any atom is 0.356 e. The van der Waals surface area contributed by atoms with Crippen molar-refractivity contribution in [1.82, 2.24) is 9.78 Å². The minimum absolute atomic E-state index is 0.134. The van der Waals surface area contributed by atoms with E-state index in [0.29, 0.717) is 5.92 Å². The van der Waals surface area contributed by atoms with Crippen molar-refractivity contribution in [2.75, 3.05) is 0 Å². The molecule has 4 heteroatoms. The molecule has 1 fully saturated rings. The van der Waals surface area contributed by atoms with Gasteiger partial charge in [0, 0.05) is 11.6 Å². The van der Waals surface area contributed by atoms with E-state index >= 15 is 0 Å². The Hall–Kier alpha value is -2.10. The van der Waals surface area contributed by atoms with Crippen molar-refractivity contribution in [1.29, 1.82) is 0 Å². The van der Waals surface area contributed by atoms with Gasteiger partial charge in [-0.15, -0.1) is 0 Å². The highest BCUT2D eigenvalue weighted by Crippen LogP contribution is 2.34. The molecule has 1 N–H and O–H groups in total. The van der Waals surface area contributed by atoms with Gasteiger partial charge in [0.05, 0.1) is 5.69 Å². The van der Waals surface area contributed by atoms with Crippen LogP contribution in [0.1, 0.15) is 54.2 Å². The van der Waals surface area contributed by atoms with Gasteiger partial charge in [-0.05, 0) is 31.0 Å². The van der Waals surface area contributed by atoms with Gasteiger partial charge in [-0.1, -0.05) is 37.5 Å². The number of carbonyl (C=O) groups is 1. The SMILES string of the molecule is O=C(O)c1cc(C2CCCCC2)n(-c2ccccc2)n1. The molecular weight excluding hydrogens is 252 g/mol. The van der Waals surface area contributed by atoms with Crippen molar-refractivity contribution >= 4 is 5.97 Å². The van der Waals surface area contributed by atoms with Crippen molar-refractivity contribution in [2.45, 2.75) is 38.0 Å². The second-order valence-electron chi connectivity index (χ2n) is 5.34. The summed E-state index contributed by atoms with van der Waals surface area (Å²) < 4.78 is 1.80. The van der Waals surface area contributed by atoms with Gasteiger partial charge in [0.25, 0.3) is 0 Å². The predicted octanol–water partition coefficient (Wildman–Crippen LogP) is 3.62. The summed E-state index contributed by atoms with van der Waals surface area (Å²) in [5.41, 5.74) is 2.10. The van der Waals surface area contributed by atoms with Crippen LogP contribution in [-0.4, -0.2) is 20.9 Å². The van der Waals surface area contributed by atoms with E-state index in [0.717, 1.165) is 24.2 Å². The number of hydrogen-bond donors (Lipinski definition) is 1. The van der Waals surface area contributed by atoms with E-state index in [1.54, 1.807) is 10.7 Å². The highest BCUT2D eigenvalue weighted by molar-refractivity contribution is 5.85. The molecule has 2 aromatic rings. The lowest BCUT2D eigenvalue weighted by Gasteiger charge is -2.22. The number of rotatable bonds is 3. The van der Waals surface area contributed by atoms with E-state index < -0.39 is 5.97 Å². The molecule has 0 spiro atoms. The minimum Gasteiger partial charge on any atom is -0.476 e. The third-order valence-electron chi connectivity index (χ3n) is 3.98. The number of nitrogens with zero attached hydrogens (tertiary/aromatic N) is 2. The molecule has 1 aliphatic rings. The average molecular weight is 270 g/mol. The van der Waals surface area contributed by atoms with Crippen LogP contribution in [0.4, 0.5) is 0 Å². The molecule has 1 aliphatic carbocycles. The first-order chi connectivity index (χ1) is 9.75. The van der Waals surface area contributed by atoms with Crippen LogP contribution in [-0.2, 0) is 0 Å². The maximum atomic E-state index is 11.2. The molecule has 4 nitrogen and oxygen atoms in total. The summed E-state index contributed by atoms with van der Waals surface area (Å²) in [4.78, 5) is 11.2. The Morgan fingerprint density at radius 2 is 1.85 bits per heavy atom. The van der Waals surface area contributed by atoms with Crippen LogP contribution in [0.5, 0.6) is 0 Å². The number of benzene rings is 1. The van der Waals surface area contributed by atoms with Gasteiger partial charge in [-0.2, -0.15) is 5.10 Å². The van der Waals surface area contributed by atoms with Gasteiger partial charge >= 0.3 is 5.97 Å². The zero-order chi connectivity index (χ0) is 13.9. The summed E-state index contributed by atoms with van der Waals surface area (Å²) in [5, 5.41) is 13.5. The van der Waals surface area contributed by atoms with E-state index in [4.69, 9.17) is 0 Å².